The lowest BCUT2D eigenvalue weighted by Crippen LogP contribution is -2.29. The van der Waals surface area contributed by atoms with Crippen LogP contribution in [-0.4, -0.2) is 29.2 Å². The molecule has 2 aromatic carbocycles. The van der Waals surface area contributed by atoms with Crippen LogP contribution in [0.25, 0.3) is 11.3 Å². The van der Waals surface area contributed by atoms with Gasteiger partial charge in [0, 0.05) is 18.5 Å². The highest BCUT2D eigenvalue weighted by Gasteiger charge is 2.26. The SMILES string of the molecule is Cc1c(OC2CCCCO2)n(CCO)c(-c2cccc(F)c2)c(OCc2ccccc2)c1=O. The summed E-state index contributed by atoms with van der Waals surface area (Å²) in [6.07, 6.45) is 2.14. The monoisotopic (exact) mass is 453 g/mol. The van der Waals surface area contributed by atoms with Gasteiger partial charge in [0.05, 0.1) is 24.5 Å². The van der Waals surface area contributed by atoms with Gasteiger partial charge in [0.2, 0.25) is 17.6 Å². The van der Waals surface area contributed by atoms with E-state index < -0.39 is 12.1 Å². The molecule has 6 nitrogen and oxygen atoms in total. The first-order chi connectivity index (χ1) is 16.1. The average Bonchev–Trinajstić information content (AvgIpc) is 2.84. The van der Waals surface area contributed by atoms with Crippen molar-refractivity contribution in [3.8, 4) is 22.9 Å². The number of pyridine rings is 1. The van der Waals surface area contributed by atoms with Crippen LogP contribution in [0, 0.1) is 12.7 Å². The summed E-state index contributed by atoms with van der Waals surface area (Å²) in [6.45, 7) is 2.35. The van der Waals surface area contributed by atoms with Crippen LogP contribution < -0.4 is 14.9 Å². The molecular weight excluding hydrogens is 425 g/mol. The van der Waals surface area contributed by atoms with Gasteiger partial charge >= 0.3 is 0 Å². The van der Waals surface area contributed by atoms with E-state index in [0.29, 0.717) is 35.7 Å². The Balaban J connectivity index is 1.86. The van der Waals surface area contributed by atoms with E-state index >= 15 is 0 Å². The summed E-state index contributed by atoms with van der Waals surface area (Å²) in [5, 5.41) is 9.83. The van der Waals surface area contributed by atoms with E-state index in [9.17, 15) is 14.3 Å². The van der Waals surface area contributed by atoms with Crippen LogP contribution >= 0.6 is 0 Å². The summed E-state index contributed by atoms with van der Waals surface area (Å²) in [5.74, 6) is -0.0530. The highest BCUT2D eigenvalue weighted by atomic mass is 19.1. The fourth-order valence-electron chi connectivity index (χ4n) is 3.98. The Kier molecular flexibility index (Phi) is 7.42. The van der Waals surface area contributed by atoms with E-state index in [1.807, 2.05) is 30.3 Å². The van der Waals surface area contributed by atoms with Crippen LogP contribution in [0.3, 0.4) is 0 Å². The number of ether oxygens (including phenoxy) is 3. The van der Waals surface area contributed by atoms with Gasteiger partial charge in [0.1, 0.15) is 12.4 Å². The topological polar surface area (TPSA) is 69.9 Å². The van der Waals surface area contributed by atoms with Crippen molar-refractivity contribution in [2.75, 3.05) is 13.2 Å². The summed E-state index contributed by atoms with van der Waals surface area (Å²) in [4.78, 5) is 13.5. The lowest BCUT2D eigenvalue weighted by molar-refractivity contribution is -0.109. The Morgan fingerprint density at radius 1 is 1.15 bits per heavy atom. The number of aromatic nitrogens is 1. The first kappa shape index (κ1) is 23.0. The highest BCUT2D eigenvalue weighted by molar-refractivity contribution is 5.69. The van der Waals surface area contributed by atoms with E-state index in [-0.39, 0.29) is 30.9 Å². The molecule has 2 heterocycles. The van der Waals surface area contributed by atoms with Crippen molar-refractivity contribution in [1.29, 1.82) is 0 Å². The predicted molar refractivity (Wildman–Crippen MR) is 123 cm³/mol. The first-order valence-electron chi connectivity index (χ1n) is 11.2. The van der Waals surface area contributed by atoms with Crippen LogP contribution in [0.1, 0.15) is 30.4 Å². The average molecular weight is 454 g/mol. The third-order valence-corrected chi connectivity index (χ3v) is 5.63. The zero-order chi connectivity index (χ0) is 23.2. The van der Waals surface area contributed by atoms with Gasteiger partial charge in [0.15, 0.2) is 5.75 Å². The Hall–Kier alpha value is -3.16. The number of hydrogen-bond donors (Lipinski definition) is 1. The maximum Gasteiger partial charge on any atom is 0.230 e. The molecule has 1 atom stereocenters. The summed E-state index contributed by atoms with van der Waals surface area (Å²) < 4.78 is 33.8. The smallest absolute Gasteiger partial charge is 0.230 e. The minimum atomic E-state index is -0.488. The van der Waals surface area contributed by atoms with Crippen LogP contribution in [0.4, 0.5) is 4.39 Å². The Labute approximate surface area is 192 Å². The van der Waals surface area contributed by atoms with Crippen molar-refractivity contribution in [3.63, 3.8) is 0 Å². The Morgan fingerprint density at radius 2 is 1.97 bits per heavy atom. The molecule has 0 bridgehead atoms. The second kappa shape index (κ2) is 10.6. The van der Waals surface area contributed by atoms with Crippen LogP contribution in [0.2, 0.25) is 0 Å². The third kappa shape index (κ3) is 5.26. The molecule has 0 aliphatic carbocycles. The van der Waals surface area contributed by atoms with Gasteiger partial charge in [0.25, 0.3) is 0 Å². The molecule has 1 saturated heterocycles. The van der Waals surface area contributed by atoms with E-state index in [1.165, 1.54) is 12.1 Å². The highest BCUT2D eigenvalue weighted by Crippen LogP contribution is 2.35. The summed E-state index contributed by atoms with van der Waals surface area (Å²) >= 11 is 0. The maximum atomic E-state index is 14.2. The second-order valence-electron chi connectivity index (χ2n) is 8.01. The summed E-state index contributed by atoms with van der Waals surface area (Å²) in [7, 11) is 0. The van der Waals surface area contributed by atoms with Gasteiger partial charge < -0.3 is 23.9 Å². The van der Waals surface area contributed by atoms with Crippen LogP contribution in [0.15, 0.2) is 59.4 Å². The maximum absolute atomic E-state index is 14.2. The number of nitrogens with zero attached hydrogens (tertiary/aromatic N) is 1. The minimum Gasteiger partial charge on any atom is -0.483 e. The molecule has 0 spiro atoms. The second-order valence-corrected chi connectivity index (χ2v) is 8.01. The van der Waals surface area contributed by atoms with Gasteiger partial charge in [-0.05, 0) is 37.5 Å². The standard InChI is InChI=1S/C26H28FNO5/c1-18-24(30)25(32-17-19-8-3-2-4-9-19)23(20-10-7-11-21(27)16-20)28(13-14-29)26(18)33-22-12-5-6-15-31-22/h2-4,7-11,16,22,29H,5-6,12-15,17H2,1H3. The van der Waals surface area contributed by atoms with E-state index in [0.717, 1.165) is 18.4 Å². The van der Waals surface area contributed by atoms with Crippen LogP contribution in [0.5, 0.6) is 11.6 Å². The van der Waals surface area contributed by atoms with Gasteiger partial charge in [-0.15, -0.1) is 0 Å². The van der Waals surface area contributed by atoms with Crippen molar-refractivity contribution < 1.29 is 23.7 Å². The van der Waals surface area contributed by atoms with Crippen LogP contribution in [-0.2, 0) is 17.9 Å². The molecular formula is C26H28FNO5. The molecule has 33 heavy (non-hydrogen) atoms. The van der Waals surface area contributed by atoms with Crippen molar-refractivity contribution in [2.24, 2.45) is 0 Å². The predicted octanol–water partition coefficient (Wildman–Crippen LogP) is 4.44. The molecule has 0 amide bonds. The molecule has 3 aromatic rings. The minimum absolute atomic E-state index is 0.0901. The molecule has 1 aliphatic rings. The molecule has 174 valence electrons. The lowest BCUT2D eigenvalue weighted by Gasteiger charge is -2.28. The summed E-state index contributed by atoms with van der Waals surface area (Å²) in [5.41, 5.74) is 1.72. The quantitative estimate of drug-likeness (QED) is 0.546. The van der Waals surface area contributed by atoms with E-state index in [4.69, 9.17) is 14.2 Å². The number of aliphatic hydroxyl groups excluding tert-OH is 1. The molecule has 1 unspecified atom stereocenters. The third-order valence-electron chi connectivity index (χ3n) is 5.63. The molecule has 0 radical (unpaired) electrons. The van der Waals surface area contributed by atoms with Crippen molar-refractivity contribution in [3.05, 3.63) is 81.8 Å². The van der Waals surface area contributed by atoms with E-state index in [1.54, 1.807) is 23.6 Å². The number of benzene rings is 2. The summed E-state index contributed by atoms with van der Waals surface area (Å²) in [6, 6.07) is 15.4. The molecule has 1 aliphatic heterocycles. The fraction of sp³-hybridized carbons (Fsp3) is 0.346. The fourth-order valence-corrected chi connectivity index (χ4v) is 3.98. The lowest BCUT2D eigenvalue weighted by atomic mass is 10.1. The molecule has 1 aromatic heterocycles. The van der Waals surface area contributed by atoms with Crippen molar-refractivity contribution in [2.45, 2.75) is 45.6 Å². The molecule has 1 fully saturated rings. The molecule has 1 N–H and O–H groups in total. The van der Waals surface area contributed by atoms with Gasteiger partial charge in [-0.2, -0.15) is 0 Å². The molecule has 4 rings (SSSR count). The number of rotatable bonds is 8. The normalized spacial score (nSPS) is 15.9. The van der Waals surface area contributed by atoms with Gasteiger partial charge in [-0.25, -0.2) is 4.39 Å². The number of hydrogen-bond acceptors (Lipinski definition) is 5. The number of halogens is 1. The van der Waals surface area contributed by atoms with E-state index in [2.05, 4.69) is 0 Å². The largest absolute Gasteiger partial charge is 0.483 e. The zero-order valence-corrected chi connectivity index (χ0v) is 18.6. The number of aliphatic hydroxyl groups is 1. The molecule has 0 saturated carbocycles. The zero-order valence-electron chi connectivity index (χ0n) is 18.6. The molecule has 7 heteroatoms. The Morgan fingerprint density at radius 3 is 2.67 bits per heavy atom. The van der Waals surface area contributed by atoms with Crippen molar-refractivity contribution in [1.82, 2.24) is 4.57 Å². The Bertz CT molecular complexity index is 1140. The van der Waals surface area contributed by atoms with Gasteiger partial charge in [-0.3, -0.25) is 4.79 Å². The first-order valence-corrected chi connectivity index (χ1v) is 11.2. The van der Waals surface area contributed by atoms with Gasteiger partial charge in [-0.1, -0.05) is 42.5 Å². The van der Waals surface area contributed by atoms with Crippen molar-refractivity contribution >= 4 is 0 Å².